The van der Waals surface area contributed by atoms with Crippen molar-refractivity contribution in [2.75, 3.05) is 13.2 Å². The molecule has 0 spiro atoms. The molecule has 1 aliphatic rings. The summed E-state index contributed by atoms with van der Waals surface area (Å²) in [5.41, 5.74) is -1.95. The van der Waals surface area contributed by atoms with Crippen molar-refractivity contribution in [2.45, 2.75) is 32.0 Å². The van der Waals surface area contributed by atoms with Gasteiger partial charge in [0.05, 0.1) is 6.54 Å². The third-order valence-electron chi connectivity index (χ3n) is 2.71. The number of ether oxygens (including phenoxy) is 1. The molecule has 6 heteroatoms. The summed E-state index contributed by atoms with van der Waals surface area (Å²) in [6.45, 7) is 3.24. The summed E-state index contributed by atoms with van der Waals surface area (Å²) in [7, 11) is 0. The van der Waals surface area contributed by atoms with Crippen LogP contribution in [0.2, 0.25) is 0 Å². The van der Waals surface area contributed by atoms with Crippen LogP contribution in [-0.4, -0.2) is 46.9 Å². The average molecular weight is 231 g/mol. The number of aliphatic hydroxyl groups is 1. The smallest absolute Gasteiger partial charge is 0.337 e. The predicted octanol–water partition coefficient (Wildman–Crippen LogP) is -0.637. The van der Waals surface area contributed by atoms with Crippen LogP contribution in [0.25, 0.3) is 0 Å². The Bertz CT molecular complexity index is 289. The van der Waals surface area contributed by atoms with Gasteiger partial charge in [0.15, 0.2) is 5.60 Å². The van der Waals surface area contributed by atoms with Crippen LogP contribution in [-0.2, 0) is 14.3 Å². The lowest BCUT2D eigenvalue weighted by molar-refractivity contribution is -0.156. The molecule has 3 atom stereocenters. The second kappa shape index (κ2) is 4.80. The second-order valence-electron chi connectivity index (χ2n) is 4.35. The van der Waals surface area contributed by atoms with Crippen molar-refractivity contribution < 1.29 is 24.5 Å². The highest BCUT2D eigenvalue weighted by atomic mass is 16.5. The number of carboxylic acids is 1. The first-order chi connectivity index (χ1) is 7.34. The summed E-state index contributed by atoms with van der Waals surface area (Å²) in [5, 5.41) is 20.4. The van der Waals surface area contributed by atoms with Crippen LogP contribution in [0.5, 0.6) is 0 Å². The van der Waals surface area contributed by atoms with Gasteiger partial charge >= 0.3 is 5.97 Å². The van der Waals surface area contributed by atoms with Crippen LogP contribution >= 0.6 is 0 Å². The van der Waals surface area contributed by atoms with Gasteiger partial charge in [0.1, 0.15) is 6.10 Å². The van der Waals surface area contributed by atoms with E-state index >= 15 is 0 Å². The van der Waals surface area contributed by atoms with Crippen LogP contribution in [0.1, 0.15) is 20.3 Å². The number of carbonyl (C=O) groups is 2. The lowest BCUT2D eigenvalue weighted by Crippen LogP contribution is -2.49. The van der Waals surface area contributed by atoms with E-state index in [-0.39, 0.29) is 18.4 Å². The van der Waals surface area contributed by atoms with Crippen LogP contribution < -0.4 is 5.32 Å². The Balaban J connectivity index is 2.44. The summed E-state index contributed by atoms with van der Waals surface area (Å²) < 4.78 is 5.21. The van der Waals surface area contributed by atoms with Crippen LogP contribution in [0.15, 0.2) is 0 Å². The molecule has 1 amide bonds. The van der Waals surface area contributed by atoms with Gasteiger partial charge in [-0.15, -0.1) is 0 Å². The maximum absolute atomic E-state index is 11.6. The van der Waals surface area contributed by atoms with Gasteiger partial charge in [-0.3, -0.25) is 4.79 Å². The molecular weight excluding hydrogens is 214 g/mol. The van der Waals surface area contributed by atoms with Gasteiger partial charge in [-0.05, 0) is 19.3 Å². The number of nitrogens with one attached hydrogen (secondary N) is 1. The van der Waals surface area contributed by atoms with Crippen molar-refractivity contribution in [3.63, 3.8) is 0 Å². The Morgan fingerprint density at radius 3 is 2.62 bits per heavy atom. The summed E-state index contributed by atoms with van der Waals surface area (Å²) in [4.78, 5) is 22.2. The normalized spacial score (nSPS) is 28.4. The largest absolute Gasteiger partial charge is 0.479 e. The van der Waals surface area contributed by atoms with Crippen molar-refractivity contribution in [1.82, 2.24) is 5.32 Å². The number of hydrogen-bond donors (Lipinski definition) is 3. The highest BCUT2D eigenvalue weighted by molar-refractivity contribution is 5.83. The number of amides is 1. The van der Waals surface area contributed by atoms with E-state index in [4.69, 9.17) is 9.84 Å². The van der Waals surface area contributed by atoms with Crippen molar-refractivity contribution >= 4 is 11.9 Å². The maximum Gasteiger partial charge on any atom is 0.337 e. The summed E-state index contributed by atoms with van der Waals surface area (Å²) >= 11 is 0. The molecule has 0 aromatic heterocycles. The molecule has 0 aromatic rings. The highest BCUT2D eigenvalue weighted by Gasteiger charge is 2.34. The summed E-state index contributed by atoms with van der Waals surface area (Å²) in [6, 6.07) is 0. The first-order valence-electron chi connectivity index (χ1n) is 5.19. The molecule has 0 bridgehead atoms. The molecule has 16 heavy (non-hydrogen) atoms. The molecule has 0 radical (unpaired) electrons. The number of aliphatic carboxylic acids is 1. The lowest BCUT2D eigenvalue weighted by atomic mass is 10.0. The summed E-state index contributed by atoms with van der Waals surface area (Å²) in [6.07, 6.45) is 0.275. The molecule has 0 aliphatic carbocycles. The van der Waals surface area contributed by atoms with Crippen molar-refractivity contribution in [3.05, 3.63) is 0 Å². The Hall–Kier alpha value is -1.14. The molecule has 1 fully saturated rings. The zero-order valence-corrected chi connectivity index (χ0v) is 9.40. The van der Waals surface area contributed by atoms with Gasteiger partial charge < -0.3 is 20.3 Å². The zero-order chi connectivity index (χ0) is 12.3. The predicted molar refractivity (Wildman–Crippen MR) is 54.8 cm³/mol. The highest BCUT2D eigenvalue weighted by Crippen LogP contribution is 2.20. The minimum absolute atomic E-state index is 0.120. The van der Waals surface area contributed by atoms with Crippen LogP contribution in [0, 0.1) is 5.92 Å². The van der Waals surface area contributed by atoms with E-state index in [0.717, 1.165) is 13.3 Å². The van der Waals surface area contributed by atoms with Crippen LogP contribution in [0.3, 0.4) is 0 Å². The summed E-state index contributed by atoms with van der Waals surface area (Å²) in [5.74, 6) is -1.62. The van der Waals surface area contributed by atoms with E-state index in [0.29, 0.717) is 6.61 Å². The molecule has 1 aliphatic heterocycles. The Labute approximate surface area is 93.6 Å². The Kier molecular flexibility index (Phi) is 3.88. The first kappa shape index (κ1) is 12.9. The maximum atomic E-state index is 11.6. The minimum atomic E-state index is -1.95. The molecular formula is C10H17NO5. The van der Waals surface area contributed by atoms with E-state index in [1.807, 2.05) is 6.92 Å². The van der Waals surface area contributed by atoms with Gasteiger partial charge in [-0.1, -0.05) is 6.92 Å². The molecule has 3 N–H and O–H groups in total. The molecule has 6 nitrogen and oxygen atoms in total. The fourth-order valence-electron chi connectivity index (χ4n) is 1.47. The monoisotopic (exact) mass is 231 g/mol. The van der Waals surface area contributed by atoms with Crippen LogP contribution in [0.4, 0.5) is 0 Å². The van der Waals surface area contributed by atoms with E-state index in [1.165, 1.54) is 0 Å². The van der Waals surface area contributed by atoms with Crippen molar-refractivity contribution in [1.29, 1.82) is 0 Å². The Morgan fingerprint density at radius 1 is 1.56 bits per heavy atom. The quantitative estimate of drug-likeness (QED) is 0.598. The van der Waals surface area contributed by atoms with Gasteiger partial charge in [-0.2, -0.15) is 0 Å². The Morgan fingerprint density at radius 2 is 2.19 bits per heavy atom. The lowest BCUT2D eigenvalue weighted by Gasteiger charge is -2.20. The minimum Gasteiger partial charge on any atom is -0.479 e. The topological polar surface area (TPSA) is 95.9 Å². The number of carboxylic acid groups (broad SMARTS) is 1. The van der Waals surface area contributed by atoms with Gasteiger partial charge in [0, 0.05) is 6.61 Å². The third kappa shape index (κ3) is 2.93. The first-order valence-corrected chi connectivity index (χ1v) is 5.19. The zero-order valence-electron chi connectivity index (χ0n) is 9.40. The third-order valence-corrected chi connectivity index (χ3v) is 2.71. The van der Waals surface area contributed by atoms with Gasteiger partial charge in [0.2, 0.25) is 5.91 Å². The van der Waals surface area contributed by atoms with E-state index in [2.05, 4.69) is 5.32 Å². The average Bonchev–Trinajstić information content (AvgIpc) is 2.61. The van der Waals surface area contributed by atoms with E-state index in [9.17, 15) is 14.7 Å². The van der Waals surface area contributed by atoms with Crippen molar-refractivity contribution in [3.8, 4) is 0 Å². The van der Waals surface area contributed by atoms with E-state index in [1.54, 1.807) is 0 Å². The molecule has 1 saturated heterocycles. The second-order valence-corrected chi connectivity index (χ2v) is 4.35. The van der Waals surface area contributed by atoms with E-state index < -0.39 is 17.7 Å². The molecule has 0 saturated carbocycles. The molecule has 1 heterocycles. The molecule has 3 unspecified atom stereocenters. The number of rotatable bonds is 4. The molecule has 1 rings (SSSR count). The molecule has 92 valence electrons. The number of hydrogen-bond acceptors (Lipinski definition) is 4. The SMILES string of the molecule is CC1CCOC1C(=O)NCC(C)(O)C(=O)O. The van der Waals surface area contributed by atoms with Crippen molar-refractivity contribution in [2.24, 2.45) is 5.92 Å². The van der Waals surface area contributed by atoms with Gasteiger partial charge in [-0.25, -0.2) is 4.79 Å². The van der Waals surface area contributed by atoms with Gasteiger partial charge in [0.25, 0.3) is 0 Å². The fourth-order valence-corrected chi connectivity index (χ4v) is 1.47. The number of carbonyl (C=O) groups excluding carboxylic acids is 1. The fraction of sp³-hybridized carbons (Fsp3) is 0.800. The molecule has 0 aromatic carbocycles. The standard InChI is InChI=1S/C10H17NO5/c1-6-3-4-16-7(6)8(12)11-5-10(2,15)9(13)14/h6-7,15H,3-5H2,1-2H3,(H,11,12)(H,13,14).